The van der Waals surface area contributed by atoms with Gasteiger partial charge in [-0.2, -0.15) is 0 Å². The Morgan fingerprint density at radius 3 is 2.50 bits per heavy atom. The molecule has 2 heterocycles. The molecule has 2 saturated heterocycles. The summed E-state index contributed by atoms with van der Waals surface area (Å²) in [5.41, 5.74) is 1.50. The number of nitrogens with zero attached hydrogens (tertiary/aromatic N) is 2. The Morgan fingerprint density at radius 1 is 1.23 bits per heavy atom. The number of aliphatic hydroxyl groups excluding tert-OH is 1. The summed E-state index contributed by atoms with van der Waals surface area (Å²) in [6.07, 6.45) is 3.19. The third-order valence-corrected chi connectivity index (χ3v) is 5.76. The first kappa shape index (κ1) is 19.6. The van der Waals surface area contributed by atoms with Crippen molar-refractivity contribution in [2.45, 2.75) is 52.0 Å². The minimum absolute atomic E-state index is 0.237. The maximum absolute atomic E-state index is 11.4. The Morgan fingerprint density at radius 2 is 1.88 bits per heavy atom. The standard InChI is InChI=1S/C20H29ClN2O3/c1-19(2,3)26-18(25)22-9-6-20(7-10-22)8-11-23(14-20)17-12-16(21)5-4-15(17)13-24/h4-5,12-13,18,25H,6-11,14H2,1-3H3. The van der Waals surface area contributed by atoms with Crippen LogP contribution in [0.25, 0.3) is 0 Å². The summed E-state index contributed by atoms with van der Waals surface area (Å²) in [4.78, 5) is 15.7. The second-order valence-electron chi connectivity index (χ2n) is 8.59. The largest absolute Gasteiger partial charge is 0.370 e. The number of aliphatic hydroxyl groups is 1. The summed E-state index contributed by atoms with van der Waals surface area (Å²) >= 11 is 6.15. The number of likely N-dealkylation sites (tertiary alicyclic amines) is 1. The van der Waals surface area contributed by atoms with Gasteiger partial charge in [-0.25, -0.2) is 0 Å². The second kappa shape index (κ2) is 7.47. The number of piperidine rings is 1. The van der Waals surface area contributed by atoms with E-state index >= 15 is 0 Å². The molecule has 0 bridgehead atoms. The normalized spacial score (nSPS) is 22.0. The highest BCUT2D eigenvalue weighted by Gasteiger charge is 2.42. The number of halogens is 1. The predicted molar refractivity (Wildman–Crippen MR) is 104 cm³/mol. The molecule has 0 amide bonds. The average molecular weight is 381 g/mol. The molecule has 2 aliphatic heterocycles. The first-order valence-corrected chi connectivity index (χ1v) is 9.69. The molecule has 1 atom stereocenters. The lowest BCUT2D eigenvalue weighted by atomic mass is 9.78. The lowest BCUT2D eigenvalue weighted by Crippen LogP contribution is -2.49. The molecule has 144 valence electrons. The molecule has 0 radical (unpaired) electrons. The predicted octanol–water partition coefficient (Wildman–Crippen LogP) is 3.54. The number of carbonyl (C=O) groups excluding carboxylic acids is 1. The summed E-state index contributed by atoms with van der Waals surface area (Å²) in [6.45, 7) is 9.35. The van der Waals surface area contributed by atoms with Gasteiger partial charge in [-0.1, -0.05) is 11.6 Å². The highest BCUT2D eigenvalue weighted by Crippen LogP contribution is 2.43. The zero-order valence-electron chi connectivity index (χ0n) is 15.9. The van der Waals surface area contributed by atoms with Gasteiger partial charge >= 0.3 is 0 Å². The molecule has 3 rings (SSSR count). The van der Waals surface area contributed by atoms with Crippen molar-refractivity contribution < 1.29 is 14.6 Å². The van der Waals surface area contributed by atoms with Crippen molar-refractivity contribution in [3.8, 4) is 0 Å². The van der Waals surface area contributed by atoms with Crippen molar-refractivity contribution in [2.75, 3.05) is 31.1 Å². The number of benzene rings is 1. The highest BCUT2D eigenvalue weighted by atomic mass is 35.5. The van der Waals surface area contributed by atoms with E-state index in [0.29, 0.717) is 10.6 Å². The van der Waals surface area contributed by atoms with Crippen molar-refractivity contribution in [3.05, 3.63) is 28.8 Å². The van der Waals surface area contributed by atoms with Crippen LogP contribution in [0.15, 0.2) is 18.2 Å². The second-order valence-corrected chi connectivity index (χ2v) is 9.02. The van der Waals surface area contributed by atoms with Gasteiger partial charge in [0.2, 0.25) is 6.41 Å². The Labute approximate surface area is 160 Å². The third kappa shape index (κ3) is 4.39. The smallest absolute Gasteiger partial charge is 0.216 e. The lowest BCUT2D eigenvalue weighted by molar-refractivity contribution is -0.245. The van der Waals surface area contributed by atoms with E-state index in [2.05, 4.69) is 4.90 Å². The number of aldehydes is 1. The molecule has 5 nitrogen and oxygen atoms in total. The van der Waals surface area contributed by atoms with Crippen LogP contribution in [0, 0.1) is 5.41 Å². The van der Waals surface area contributed by atoms with Gasteiger partial charge in [-0.15, -0.1) is 0 Å². The Balaban J connectivity index is 1.63. The van der Waals surface area contributed by atoms with E-state index in [1.807, 2.05) is 31.7 Å². The first-order chi connectivity index (χ1) is 12.2. The molecule has 1 aromatic carbocycles. The molecule has 6 heteroatoms. The number of rotatable bonds is 4. The highest BCUT2D eigenvalue weighted by molar-refractivity contribution is 6.31. The summed E-state index contributed by atoms with van der Waals surface area (Å²) < 4.78 is 5.68. The van der Waals surface area contributed by atoms with Gasteiger partial charge in [0.1, 0.15) is 0 Å². The Kier molecular flexibility index (Phi) is 5.63. The topological polar surface area (TPSA) is 53.0 Å². The van der Waals surface area contributed by atoms with E-state index in [1.165, 1.54) is 0 Å². The van der Waals surface area contributed by atoms with Crippen LogP contribution in [0.4, 0.5) is 5.69 Å². The molecule has 0 aliphatic carbocycles. The van der Waals surface area contributed by atoms with Gasteiger partial charge in [0.25, 0.3) is 0 Å². The third-order valence-electron chi connectivity index (χ3n) is 5.53. The van der Waals surface area contributed by atoms with Crippen molar-refractivity contribution >= 4 is 23.6 Å². The monoisotopic (exact) mass is 380 g/mol. The van der Waals surface area contributed by atoms with Crippen LogP contribution in [-0.2, 0) is 4.74 Å². The SMILES string of the molecule is CC(C)(C)OC(O)N1CCC2(CCN(c3cc(Cl)ccc3C=O)C2)CC1. The number of ether oxygens (including phenoxy) is 1. The van der Waals surface area contributed by atoms with Gasteiger partial charge in [-0.05, 0) is 63.6 Å². The van der Waals surface area contributed by atoms with E-state index in [4.69, 9.17) is 16.3 Å². The molecule has 1 aromatic rings. The first-order valence-electron chi connectivity index (χ1n) is 9.31. The van der Waals surface area contributed by atoms with Crippen LogP contribution in [-0.4, -0.2) is 54.5 Å². The number of hydrogen-bond donors (Lipinski definition) is 1. The summed E-state index contributed by atoms with van der Waals surface area (Å²) in [7, 11) is 0. The van der Waals surface area contributed by atoms with Crippen LogP contribution in [0.5, 0.6) is 0 Å². The minimum Gasteiger partial charge on any atom is -0.370 e. The molecule has 26 heavy (non-hydrogen) atoms. The molecule has 2 fully saturated rings. The maximum Gasteiger partial charge on any atom is 0.216 e. The molecule has 1 unspecified atom stereocenters. The Hall–Kier alpha value is -1.14. The van der Waals surface area contributed by atoms with Gasteiger partial charge in [0.15, 0.2) is 6.29 Å². The molecular weight excluding hydrogens is 352 g/mol. The van der Waals surface area contributed by atoms with E-state index in [1.54, 1.807) is 12.1 Å². The number of hydrogen-bond acceptors (Lipinski definition) is 5. The van der Waals surface area contributed by atoms with Crippen LogP contribution < -0.4 is 4.90 Å². The van der Waals surface area contributed by atoms with Crippen LogP contribution in [0.3, 0.4) is 0 Å². The van der Waals surface area contributed by atoms with Gasteiger partial charge < -0.3 is 14.7 Å². The average Bonchev–Trinajstić information content (AvgIpc) is 2.97. The van der Waals surface area contributed by atoms with E-state index in [-0.39, 0.29) is 11.0 Å². The fraction of sp³-hybridized carbons (Fsp3) is 0.650. The molecule has 1 N–H and O–H groups in total. The minimum atomic E-state index is -0.848. The van der Waals surface area contributed by atoms with Crippen molar-refractivity contribution in [1.29, 1.82) is 0 Å². The van der Waals surface area contributed by atoms with Gasteiger partial charge in [0, 0.05) is 42.5 Å². The van der Waals surface area contributed by atoms with Crippen LogP contribution >= 0.6 is 11.6 Å². The van der Waals surface area contributed by atoms with Gasteiger partial charge in [-0.3, -0.25) is 9.69 Å². The van der Waals surface area contributed by atoms with Crippen LogP contribution in [0.1, 0.15) is 50.4 Å². The van der Waals surface area contributed by atoms with E-state index in [0.717, 1.165) is 57.4 Å². The zero-order valence-corrected chi connectivity index (χ0v) is 16.6. The number of carbonyl (C=O) groups is 1. The van der Waals surface area contributed by atoms with Gasteiger partial charge in [0.05, 0.1) is 5.60 Å². The van der Waals surface area contributed by atoms with E-state index in [9.17, 15) is 9.90 Å². The fourth-order valence-corrected chi connectivity index (χ4v) is 4.22. The lowest BCUT2D eigenvalue weighted by Gasteiger charge is -2.42. The van der Waals surface area contributed by atoms with Crippen molar-refractivity contribution in [1.82, 2.24) is 4.90 Å². The molecule has 0 saturated carbocycles. The summed E-state index contributed by atoms with van der Waals surface area (Å²) in [5, 5.41) is 11.0. The fourth-order valence-electron chi connectivity index (χ4n) is 4.05. The van der Waals surface area contributed by atoms with Crippen LogP contribution in [0.2, 0.25) is 5.02 Å². The molecule has 0 aromatic heterocycles. The zero-order chi connectivity index (χ0) is 18.9. The molecule has 2 aliphatic rings. The summed E-state index contributed by atoms with van der Waals surface area (Å²) in [5.74, 6) is 0. The Bertz CT molecular complexity index is 651. The van der Waals surface area contributed by atoms with Crippen molar-refractivity contribution in [2.24, 2.45) is 5.41 Å². The molecular formula is C20H29ClN2O3. The maximum atomic E-state index is 11.4. The van der Waals surface area contributed by atoms with E-state index < -0.39 is 6.41 Å². The quantitative estimate of drug-likeness (QED) is 0.639. The molecule has 1 spiro atoms. The number of anilines is 1. The summed E-state index contributed by atoms with van der Waals surface area (Å²) in [6, 6.07) is 5.44. The van der Waals surface area contributed by atoms with Crippen molar-refractivity contribution in [3.63, 3.8) is 0 Å².